The molecule has 0 aromatic heterocycles. The van der Waals surface area contributed by atoms with Gasteiger partial charge in [0.25, 0.3) is 0 Å². The summed E-state index contributed by atoms with van der Waals surface area (Å²) >= 11 is 0. The third kappa shape index (κ3) is 3.11. The van der Waals surface area contributed by atoms with Crippen LogP contribution in [0.3, 0.4) is 0 Å². The monoisotopic (exact) mass is 240 g/mol. The Morgan fingerprint density at radius 2 is 1.71 bits per heavy atom. The molecule has 4 heteroatoms. The van der Waals surface area contributed by atoms with Gasteiger partial charge in [-0.25, -0.2) is 0 Å². The van der Waals surface area contributed by atoms with Crippen molar-refractivity contribution in [3.63, 3.8) is 0 Å². The summed E-state index contributed by atoms with van der Waals surface area (Å²) < 4.78 is 15.7. The summed E-state index contributed by atoms with van der Waals surface area (Å²) in [6.07, 6.45) is 0. The fraction of sp³-hybridized carbons (Fsp3) is 0.538. The van der Waals surface area contributed by atoms with E-state index in [4.69, 9.17) is 14.2 Å². The molecule has 96 valence electrons. The van der Waals surface area contributed by atoms with Crippen LogP contribution in [0.15, 0.2) is 12.1 Å². The molecular weight excluding hydrogens is 220 g/mol. The molecule has 17 heavy (non-hydrogen) atoms. The van der Waals surface area contributed by atoms with Gasteiger partial charge in [0.15, 0.2) is 11.5 Å². The summed E-state index contributed by atoms with van der Waals surface area (Å²) in [5.74, 6) is 1.39. The van der Waals surface area contributed by atoms with Crippen LogP contribution in [-0.2, 0) is 11.3 Å². The lowest BCUT2D eigenvalue weighted by Crippen LogP contribution is -2.06. The Bertz CT molecular complexity index is 363. The van der Waals surface area contributed by atoms with Crippen LogP contribution in [0.25, 0.3) is 0 Å². The van der Waals surface area contributed by atoms with Gasteiger partial charge >= 0.3 is 0 Å². The second-order valence-corrected chi connectivity index (χ2v) is 3.92. The standard InChI is InChI=1S/C13H20O4/c1-9(7-14)11-6-13(17-4)12(16-3)5-10(11)8-15-2/h5-6,9,14H,7-8H2,1-4H3. The fourth-order valence-electron chi connectivity index (χ4n) is 1.77. The van der Waals surface area contributed by atoms with Crippen LogP contribution in [0.5, 0.6) is 11.5 Å². The molecule has 1 atom stereocenters. The second-order valence-electron chi connectivity index (χ2n) is 3.92. The van der Waals surface area contributed by atoms with Crippen LogP contribution in [-0.4, -0.2) is 33.0 Å². The van der Waals surface area contributed by atoms with Crippen molar-refractivity contribution in [2.75, 3.05) is 27.9 Å². The Hall–Kier alpha value is -1.26. The van der Waals surface area contributed by atoms with Gasteiger partial charge in [0.05, 0.1) is 20.8 Å². The Morgan fingerprint density at radius 1 is 1.12 bits per heavy atom. The maximum atomic E-state index is 9.26. The van der Waals surface area contributed by atoms with Gasteiger partial charge in [0.2, 0.25) is 0 Å². The summed E-state index contributed by atoms with van der Waals surface area (Å²) in [6, 6.07) is 3.79. The largest absolute Gasteiger partial charge is 0.493 e. The number of ether oxygens (including phenoxy) is 3. The Labute approximate surface area is 102 Å². The minimum Gasteiger partial charge on any atom is -0.493 e. The minimum atomic E-state index is 0.0416. The summed E-state index contributed by atoms with van der Waals surface area (Å²) in [5.41, 5.74) is 2.03. The molecule has 0 saturated carbocycles. The van der Waals surface area contributed by atoms with Crippen LogP contribution in [0.2, 0.25) is 0 Å². The van der Waals surface area contributed by atoms with E-state index >= 15 is 0 Å². The molecule has 0 saturated heterocycles. The number of benzene rings is 1. The molecule has 1 aromatic carbocycles. The van der Waals surface area contributed by atoms with Crippen molar-refractivity contribution in [1.29, 1.82) is 0 Å². The molecule has 0 bridgehead atoms. The molecule has 1 N–H and O–H groups in total. The summed E-state index contributed by atoms with van der Waals surface area (Å²) in [5, 5.41) is 9.26. The third-order valence-electron chi connectivity index (χ3n) is 2.75. The molecule has 0 heterocycles. The van der Waals surface area contributed by atoms with Crippen molar-refractivity contribution < 1.29 is 19.3 Å². The van der Waals surface area contributed by atoms with Gasteiger partial charge in [-0.05, 0) is 23.3 Å². The van der Waals surface area contributed by atoms with E-state index in [0.717, 1.165) is 11.1 Å². The number of hydrogen-bond donors (Lipinski definition) is 1. The van der Waals surface area contributed by atoms with Gasteiger partial charge in [-0.3, -0.25) is 0 Å². The summed E-state index contributed by atoms with van der Waals surface area (Å²) in [6.45, 7) is 2.53. The van der Waals surface area contributed by atoms with E-state index in [1.54, 1.807) is 21.3 Å². The SMILES string of the molecule is COCc1cc(OC)c(OC)cc1C(C)CO. The first kappa shape index (κ1) is 13.8. The molecule has 1 unspecified atom stereocenters. The normalized spacial score (nSPS) is 12.3. The highest BCUT2D eigenvalue weighted by atomic mass is 16.5. The van der Waals surface area contributed by atoms with E-state index in [-0.39, 0.29) is 12.5 Å². The average Bonchev–Trinajstić information content (AvgIpc) is 2.37. The minimum absolute atomic E-state index is 0.0416. The molecule has 0 aliphatic rings. The second kappa shape index (κ2) is 6.47. The van der Waals surface area contributed by atoms with Crippen LogP contribution in [0.1, 0.15) is 24.0 Å². The lowest BCUT2D eigenvalue weighted by atomic mass is 9.96. The zero-order chi connectivity index (χ0) is 12.8. The Morgan fingerprint density at radius 3 is 2.18 bits per heavy atom. The summed E-state index contributed by atoms with van der Waals surface area (Å²) in [4.78, 5) is 0. The molecule has 0 fully saturated rings. The molecule has 1 rings (SSSR count). The van der Waals surface area contributed by atoms with Gasteiger partial charge in [0, 0.05) is 19.6 Å². The van der Waals surface area contributed by atoms with Crippen molar-refractivity contribution in [3.8, 4) is 11.5 Å². The molecule has 1 aromatic rings. The van der Waals surface area contributed by atoms with E-state index in [2.05, 4.69) is 0 Å². The molecule has 0 radical (unpaired) electrons. The van der Waals surface area contributed by atoms with Crippen molar-refractivity contribution in [3.05, 3.63) is 23.3 Å². The number of aliphatic hydroxyl groups excluding tert-OH is 1. The lowest BCUT2D eigenvalue weighted by Gasteiger charge is -2.17. The Kier molecular flexibility index (Phi) is 5.25. The van der Waals surface area contributed by atoms with Gasteiger partial charge in [-0.2, -0.15) is 0 Å². The summed E-state index contributed by atoms with van der Waals surface area (Å²) in [7, 11) is 4.84. The number of methoxy groups -OCH3 is 3. The molecule has 0 amide bonds. The highest BCUT2D eigenvalue weighted by molar-refractivity contribution is 5.48. The molecule has 0 aliphatic heterocycles. The predicted molar refractivity (Wildman–Crippen MR) is 65.8 cm³/mol. The van der Waals surface area contributed by atoms with Crippen LogP contribution < -0.4 is 9.47 Å². The number of rotatable bonds is 6. The average molecular weight is 240 g/mol. The van der Waals surface area contributed by atoms with E-state index in [1.165, 1.54) is 0 Å². The van der Waals surface area contributed by atoms with Gasteiger partial charge in [0.1, 0.15) is 0 Å². The van der Waals surface area contributed by atoms with E-state index < -0.39 is 0 Å². The Balaban J connectivity index is 3.24. The van der Waals surface area contributed by atoms with Crippen molar-refractivity contribution >= 4 is 0 Å². The van der Waals surface area contributed by atoms with Crippen molar-refractivity contribution in [2.45, 2.75) is 19.4 Å². The van der Waals surface area contributed by atoms with Gasteiger partial charge in [-0.1, -0.05) is 6.92 Å². The predicted octanol–water partition coefficient (Wildman–Crippen LogP) is 1.95. The smallest absolute Gasteiger partial charge is 0.161 e. The first-order valence-electron chi connectivity index (χ1n) is 5.52. The van der Waals surface area contributed by atoms with Crippen LogP contribution >= 0.6 is 0 Å². The maximum absolute atomic E-state index is 9.26. The quantitative estimate of drug-likeness (QED) is 0.825. The zero-order valence-electron chi connectivity index (χ0n) is 10.8. The highest BCUT2D eigenvalue weighted by Gasteiger charge is 2.15. The van der Waals surface area contributed by atoms with Gasteiger partial charge < -0.3 is 19.3 Å². The van der Waals surface area contributed by atoms with Gasteiger partial charge in [-0.15, -0.1) is 0 Å². The zero-order valence-corrected chi connectivity index (χ0v) is 10.8. The maximum Gasteiger partial charge on any atom is 0.161 e. The van der Waals surface area contributed by atoms with Crippen LogP contribution in [0.4, 0.5) is 0 Å². The first-order valence-corrected chi connectivity index (χ1v) is 5.52. The van der Waals surface area contributed by atoms with Crippen LogP contribution in [0, 0.1) is 0 Å². The van der Waals surface area contributed by atoms with Crippen molar-refractivity contribution in [1.82, 2.24) is 0 Å². The molecule has 0 aliphatic carbocycles. The molecule has 0 spiro atoms. The topological polar surface area (TPSA) is 47.9 Å². The number of aliphatic hydroxyl groups is 1. The first-order chi connectivity index (χ1) is 8.17. The third-order valence-corrected chi connectivity index (χ3v) is 2.75. The molecular formula is C13H20O4. The van der Waals surface area contributed by atoms with Crippen molar-refractivity contribution in [2.24, 2.45) is 0 Å². The molecule has 4 nitrogen and oxygen atoms in total. The highest BCUT2D eigenvalue weighted by Crippen LogP contribution is 2.34. The lowest BCUT2D eigenvalue weighted by molar-refractivity contribution is 0.182. The van der Waals surface area contributed by atoms with E-state index in [0.29, 0.717) is 18.1 Å². The van der Waals surface area contributed by atoms with E-state index in [9.17, 15) is 5.11 Å². The van der Waals surface area contributed by atoms with E-state index in [1.807, 2.05) is 19.1 Å². The number of hydrogen-bond acceptors (Lipinski definition) is 4. The fourth-order valence-corrected chi connectivity index (χ4v) is 1.77.